The van der Waals surface area contributed by atoms with Crippen LogP contribution >= 0.6 is 0 Å². The van der Waals surface area contributed by atoms with Crippen LogP contribution < -0.4 is 0 Å². The zero-order valence-electron chi connectivity index (χ0n) is 9.85. The number of aryl methyl sites for hydroxylation is 2. The van der Waals surface area contributed by atoms with Gasteiger partial charge in [-0.1, -0.05) is 18.2 Å². The van der Waals surface area contributed by atoms with Crippen molar-refractivity contribution < 1.29 is 0 Å². The Hall–Kier alpha value is -1.96. The molecule has 2 aromatic heterocycles. The van der Waals surface area contributed by atoms with Crippen LogP contribution in [0, 0.1) is 6.92 Å². The van der Waals surface area contributed by atoms with Gasteiger partial charge in [0.2, 0.25) is 0 Å². The summed E-state index contributed by atoms with van der Waals surface area (Å²) in [5.41, 5.74) is 5.93. The Morgan fingerprint density at radius 1 is 1.12 bits per heavy atom. The maximum atomic E-state index is 4.48. The number of aromatic nitrogens is 2. The number of pyridine rings is 2. The molecule has 0 saturated carbocycles. The van der Waals surface area contributed by atoms with E-state index in [2.05, 4.69) is 41.2 Å². The van der Waals surface area contributed by atoms with Gasteiger partial charge >= 0.3 is 0 Å². The van der Waals surface area contributed by atoms with Crippen LogP contribution in [-0.4, -0.2) is 9.97 Å². The van der Waals surface area contributed by atoms with Crippen molar-refractivity contribution in [3.8, 4) is 11.3 Å². The number of fused-ring (bicyclic) bond motifs is 1. The first-order chi connectivity index (χ1) is 8.34. The van der Waals surface area contributed by atoms with Crippen molar-refractivity contribution in [2.24, 2.45) is 0 Å². The highest BCUT2D eigenvalue weighted by atomic mass is 14.7. The summed E-state index contributed by atoms with van der Waals surface area (Å²) >= 11 is 0. The summed E-state index contributed by atoms with van der Waals surface area (Å²) in [4.78, 5) is 8.81. The molecule has 2 heterocycles. The van der Waals surface area contributed by atoms with E-state index in [1.54, 1.807) is 0 Å². The van der Waals surface area contributed by atoms with Crippen LogP contribution in [0.2, 0.25) is 0 Å². The molecule has 2 aromatic rings. The van der Waals surface area contributed by atoms with E-state index in [1.807, 2.05) is 18.6 Å². The number of hydrogen-bond donors (Lipinski definition) is 0. The second-order valence-electron chi connectivity index (χ2n) is 4.42. The zero-order valence-corrected chi connectivity index (χ0v) is 9.85. The highest BCUT2D eigenvalue weighted by Gasteiger charge is 2.11. The fourth-order valence-corrected chi connectivity index (χ4v) is 2.18. The molecule has 2 nitrogen and oxygen atoms in total. The minimum absolute atomic E-state index is 1.01. The van der Waals surface area contributed by atoms with E-state index >= 15 is 0 Å². The Balaban J connectivity index is 2.16. The van der Waals surface area contributed by atoms with Crippen LogP contribution in [-0.2, 0) is 6.42 Å². The first-order valence-corrected chi connectivity index (χ1v) is 5.91. The number of hydrogen-bond acceptors (Lipinski definition) is 2. The molecule has 0 amide bonds. The molecule has 0 atom stereocenters. The third-order valence-electron chi connectivity index (χ3n) is 3.12. The van der Waals surface area contributed by atoms with E-state index in [0.29, 0.717) is 0 Å². The predicted octanol–water partition coefficient (Wildman–Crippen LogP) is 3.41. The Morgan fingerprint density at radius 2 is 2.06 bits per heavy atom. The Labute approximate surface area is 101 Å². The average molecular weight is 222 g/mol. The van der Waals surface area contributed by atoms with E-state index in [0.717, 1.165) is 24.1 Å². The summed E-state index contributed by atoms with van der Waals surface area (Å²) in [5, 5.41) is 0. The summed E-state index contributed by atoms with van der Waals surface area (Å²) in [5.74, 6) is 0. The van der Waals surface area contributed by atoms with Crippen LogP contribution in [0.5, 0.6) is 0 Å². The van der Waals surface area contributed by atoms with Crippen molar-refractivity contribution in [3.63, 3.8) is 0 Å². The summed E-state index contributed by atoms with van der Waals surface area (Å²) < 4.78 is 0. The molecule has 0 N–H and O–H groups in total. The van der Waals surface area contributed by atoms with Gasteiger partial charge in [-0.2, -0.15) is 0 Å². The SMILES string of the molecule is Cc1ccc(-c2cncc3c2C=CCC3)nc1. The van der Waals surface area contributed by atoms with Gasteiger partial charge in [-0.05, 0) is 42.5 Å². The molecular formula is C15H14N2. The van der Waals surface area contributed by atoms with Crippen LogP contribution in [0.1, 0.15) is 23.1 Å². The molecular weight excluding hydrogens is 208 g/mol. The molecule has 0 radical (unpaired) electrons. The van der Waals surface area contributed by atoms with Gasteiger partial charge < -0.3 is 0 Å². The van der Waals surface area contributed by atoms with Gasteiger partial charge in [0, 0.05) is 24.2 Å². The lowest BCUT2D eigenvalue weighted by Crippen LogP contribution is -1.98. The minimum Gasteiger partial charge on any atom is -0.264 e. The second-order valence-corrected chi connectivity index (χ2v) is 4.42. The van der Waals surface area contributed by atoms with Crippen molar-refractivity contribution in [1.29, 1.82) is 0 Å². The van der Waals surface area contributed by atoms with Gasteiger partial charge in [0.1, 0.15) is 0 Å². The predicted molar refractivity (Wildman–Crippen MR) is 69.6 cm³/mol. The van der Waals surface area contributed by atoms with Gasteiger partial charge in [-0.25, -0.2) is 0 Å². The van der Waals surface area contributed by atoms with Gasteiger partial charge in [-0.3, -0.25) is 9.97 Å². The standard InChI is InChI=1S/C15H14N2/c1-11-6-7-15(17-8-11)14-10-16-9-12-4-2-3-5-13(12)14/h3,5-10H,2,4H2,1H3. The van der Waals surface area contributed by atoms with Crippen LogP contribution in [0.15, 0.2) is 36.8 Å². The molecule has 0 aliphatic heterocycles. The summed E-state index contributed by atoms with van der Waals surface area (Å²) in [6.45, 7) is 2.05. The van der Waals surface area contributed by atoms with Gasteiger partial charge in [0.25, 0.3) is 0 Å². The smallest absolute Gasteiger partial charge is 0.0723 e. The molecule has 3 rings (SSSR count). The first kappa shape index (κ1) is 10.2. The van der Waals surface area contributed by atoms with Crippen LogP contribution in [0.3, 0.4) is 0 Å². The highest BCUT2D eigenvalue weighted by Crippen LogP contribution is 2.28. The lowest BCUT2D eigenvalue weighted by molar-refractivity contribution is 0.971. The van der Waals surface area contributed by atoms with Crippen molar-refractivity contribution in [3.05, 3.63) is 53.5 Å². The maximum absolute atomic E-state index is 4.48. The van der Waals surface area contributed by atoms with Crippen molar-refractivity contribution >= 4 is 6.08 Å². The molecule has 0 unspecified atom stereocenters. The Bertz CT molecular complexity index is 568. The zero-order chi connectivity index (χ0) is 11.7. The summed E-state index contributed by atoms with van der Waals surface area (Å²) in [7, 11) is 0. The van der Waals surface area contributed by atoms with Crippen molar-refractivity contribution in [2.45, 2.75) is 19.8 Å². The molecule has 0 aromatic carbocycles. The van der Waals surface area contributed by atoms with E-state index in [9.17, 15) is 0 Å². The molecule has 0 saturated heterocycles. The molecule has 1 aliphatic rings. The lowest BCUT2D eigenvalue weighted by Gasteiger charge is -2.13. The van der Waals surface area contributed by atoms with Crippen LogP contribution in [0.25, 0.3) is 17.3 Å². The largest absolute Gasteiger partial charge is 0.264 e. The quantitative estimate of drug-likeness (QED) is 0.739. The molecule has 2 heteroatoms. The lowest BCUT2D eigenvalue weighted by atomic mass is 9.94. The van der Waals surface area contributed by atoms with Gasteiger partial charge in [0.15, 0.2) is 0 Å². The Morgan fingerprint density at radius 3 is 2.88 bits per heavy atom. The molecule has 84 valence electrons. The molecule has 1 aliphatic carbocycles. The molecule has 0 fully saturated rings. The van der Waals surface area contributed by atoms with Gasteiger partial charge in [0.05, 0.1) is 5.69 Å². The molecule has 0 bridgehead atoms. The minimum atomic E-state index is 1.01. The van der Waals surface area contributed by atoms with Crippen LogP contribution in [0.4, 0.5) is 0 Å². The third-order valence-corrected chi connectivity index (χ3v) is 3.12. The highest BCUT2D eigenvalue weighted by molar-refractivity contribution is 5.75. The third kappa shape index (κ3) is 1.86. The van der Waals surface area contributed by atoms with E-state index in [4.69, 9.17) is 0 Å². The average Bonchev–Trinajstić information content (AvgIpc) is 2.39. The number of rotatable bonds is 1. The Kier molecular flexibility index (Phi) is 2.48. The second kappa shape index (κ2) is 4.13. The normalized spacial score (nSPS) is 13.5. The summed E-state index contributed by atoms with van der Waals surface area (Å²) in [6.07, 6.45) is 12.4. The number of allylic oxidation sites excluding steroid dienone is 1. The molecule has 0 spiro atoms. The fraction of sp³-hybridized carbons (Fsp3) is 0.200. The van der Waals surface area contributed by atoms with E-state index < -0.39 is 0 Å². The fourth-order valence-electron chi connectivity index (χ4n) is 2.18. The topological polar surface area (TPSA) is 25.8 Å². The first-order valence-electron chi connectivity index (χ1n) is 5.91. The van der Waals surface area contributed by atoms with Crippen molar-refractivity contribution in [2.75, 3.05) is 0 Å². The monoisotopic (exact) mass is 222 g/mol. The van der Waals surface area contributed by atoms with E-state index in [-0.39, 0.29) is 0 Å². The van der Waals surface area contributed by atoms with E-state index in [1.165, 1.54) is 16.7 Å². The van der Waals surface area contributed by atoms with Crippen molar-refractivity contribution in [1.82, 2.24) is 9.97 Å². The number of nitrogens with zero attached hydrogens (tertiary/aromatic N) is 2. The molecule has 17 heavy (non-hydrogen) atoms. The maximum Gasteiger partial charge on any atom is 0.0723 e. The summed E-state index contributed by atoms with van der Waals surface area (Å²) in [6, 6.07) is 4.16. The van der Waals surface area contributed by atoms with Gasteiger partial charge in [-0.15, -0.1) is 0 Å².